The van der Waals surface area contributed by atoms with E-state index < -0.39 is 0 Å². The summed E-state index contributed by atoms with van der Waals surface area (Å²) in [4.78, 5) is 13.5. The van der Waals surface area contributed by atoms with Crippen molar-refractivity contribution in [3.63, 3.8) is 0 Å². The van der Waals surface area contributed by atoms with Gasteiger partial charge in [-0.05, 0) is 31.4 Å². The van der Waals surface area contributed by atoms with E-state index in [-0.39, 0.29) is 11.7 Å². The first-order chi connectivity index (χ1) is 14.2. The van der Waals surface area contributed by atoms with Gasteiger partial charge in [-0.1, -0.05) is 11.8 Å². The summed E-state index contributed by atoms with van der Waals surface area (Å²) < 4.78 is 18.6. The summed E-state index contributed by atoms with van der Waals surface area (Å²) in [5, 5.41) is 12.0. The van der Waals surface area contributed by atoms with Crippen molar-refractivity contribution in [1.82, 2.24) is 14.8 Å². The molecule has 2 aromatic heterocycles. The lowest BCUT2D eigenvalue weighted by Crippen LogP contribution is -2.18. The van der Waals surface area contributed by atoms with E-state index >= 15 is 0 Å². The summed E-state index contributed by atoms with van der Waals surface area (Å²) in [5.41, 5.74) is 0.709. The molecule has 0 unspecified atom stereocenters. The van der Waals surface area contributed by atoms with Gasteiger partial charge in [0.15, 0.2) is 28.2 Å². The predicted molar refractivity (Wildman–Crippen MR) is 112 cm³/mol. The maximum Gasteiger partial charge on any atom is 0.234 e. The number of aromatic nitrogens is 3. The largest absolute Gasteiger partial charge is 0.486 e. The minimum Gasteiger partial charge on any atom is -0.486 e. The van der Waals surface area contributed by atoms with E-state index in [1.807, 2.05) is 35.9 Å². The van der Waals surface area contributed by atoms with Gasteiger partial charge < -0.3 is 19.2 Å². The molecular weight excluding hydrogens is 412 g/mol. The van der Waals surface area contributed by atoms with Gasteiger partial charge in [-0.15, -0.1) is 22.0 Å². The molecule has 0 spiro atoms. The van der Waals surface area contributed by atoms with Crippen LogP contribution in [0.5, 0.6) is 11.5 Å². The van der Waals surface area contributed by atoms with Gasteiger partial charge in [0.2, 0.25) is 5.91 Å². The molecule has 1 aliphatic heterocycles. The molecule has 0 radical (unpaired) electrons. The summed E-state index contributed by atoms with van der Waals surface area (Å²) in [5.74, 6) is 2.72. The molecule has 3 heterocycles. The maximum absolute atomic E-state index is 12.6. The third-order valence-electron chi connectivity index (χ3n) is 4.25. The van der Waals surface area contributed by atoms with E-state index in [2.05, 4.69) is 15.5 Å². The average molecular weight is 433 g/mol. The highest BCUT2D eigenvalue weighted by atomic mass is 32.2. The number of nitrogens with one attached hydrogen (secondary N) is 1. The number of amides is 1. The summed E-state index contributed by atoms with van der Waals surface area (Å²) in [6, 6.07) is 7.35. The van der Waals surface area contributed by atoms with Crippen LogP contribution in [0.4, 0.5) is 5.69 Å². The number of thioether (sulfide) groups is 2. The van der Waals surface area contributed by atoms with Gasteiger partial charge in [0, 0.05) is 17.5 Å². The number of carbonyl (C=O) groups excluding carboxylic acids is 1. The number of nitrogens with zero attached hydrogens (tertiary/aromatic N) is 3. The predicted octanol–water partition coefficient (Wildman–Crippen LogP) is 3.78. The van der Waals surface area contributed by atoms with Crippen LogP contribution in [0.2, 0.25) is 0 Å². The summed E-state index contributed by atoms with van der Waals surface area (Å²) in [6.07, 6.45) is 3.55. The Bertz CT molecular complexity index is 1000. The molecule has 1 aromatic carbocycles. The number of hydrogen-bond acceptors (Lipinski definition) is 8. The SMILES string of the molecule is CCn1c(SCC(=O)Nc2cc3c(cc2SC)OCCO3)nnc1-c1ccco1. The molecule has 3 aromatic rings. The van der Waals surface area contributed by atoms with Crippen LogP contribution < -0.4 is 14.8 Å². The minimum atomic E-state index is -0.132. The summed E-state index contributed by atoms with van der Waals surface area (Å²) in [6.45, 7) is 3.70. The van der Waals surface area contributed by atoms with Gasteiger partial charge >= 0.3 is 0 Å². The second-order valence-corrected chi connectivity index (χ2v) is 7.85. The van der Waals surface area contributed by atoms with Crippen LogP contribution in [-0.2, 0) is 11.3 Å². The van der Waals surface area contributed by atoms with Crippen molar-refractivity contribution in [2.24, 2.45) is 0 Å². The van der Waals surface area contributed by atoms with Crippen molar-refractivity contribution in [1.29, 1.82) is 0 Å². The van der Waals surface area contributed by atoms with Crippen molar-refractivity contribution in [2.45, 2.75) is 23.5 Å². The second kappa shape index (κ2) is 8.83. The Balaban J connectivity index is 1.45. The molecule has 1 aliphatic rings. The van der Waals surface area contributed by atoms with Crippen molar-refractivity contribution in [3.05, 3.63) is 30.5 Å². The van der Waals surface area contributed by atoms with Gasteiger partial charge in [0.25, 0.3) is 0 Å². The maximum atomic E-state index is 12.6. The van der Waals surface area contributed by atoms with Gasteiger partial charge in [0.05, 0.1) is 17.7 Å². The van der Waals surface area contributed by atoms with Crippen LogP contribution in [0.15, 0.2) is 45.0 Å². The van der Waals surface area contributed by atoms with Crippen LogP contribution in [-0.4, -0.2) is 45.9 Å². The lowest BCUT2D eigenvalue weighted by molar-refractivity contribution is -0.113. The Morgan fingerprint density at radius 3 is 2.72 bits per heavy atom. The first kappa shape index (κ1) is 19.7. The third kappa shape index (κ3) is 4.23. The van der Waals surface area contributed by atoms with Crippen LogP contribution in [0.25, 0.3) is 11.6 Å². The van der Waals surface area contributed by atoms with Crippen molar-refractivity contribution >= 4 is 35.1 Å². The molecule has 10 heteroatoms. The smallest absolute Gasteiger partial charge is 0.234 e. The fourth-order valence-electron chi connectivity index (χ4n) is 2.92. The number of benzene rings is 1. The Hall–Kier alpha value is -2.59. The van der Waals surface area contributed by atoms with Crippen molar-refractivity contribution < 1.29 is 18.7 Å². The molecule has 4 rings (SSSR count). The quantitative estimate of drug-likeness (QED) is 0.564. The molecule has 0 saturated heterocycles. The molecule has 152 valence electrons. The van der Waals surface area contributed by atoms with Crippen molar-refractivity contribution in [2.75, 3.05) is 30.5 Å². The van der Waals surface area contributed by atoms with Gasteiger partial charge in [-0.3, -0.25) is 9.36 Å². The topological polar surface area (TPSA) is 91.4 Å². The van der Waals surface area contributed by atoms with E-state index in [4.69, 9.17) is 13.9 Å². The van der Waals surface area contributed by atoms with Crippen LogP contribution in [0.3, 0.4) is 0 Å². The first-order valence-electron chi connectivity index (χ1n) is 9.07. The highest BCUT2D eigenvalue weighted by Gasteiger charge is 2.19. The molecule has 8 nitrogen and oxygen atoms in total. The summed E-state index contributed by atoms with van der Waals surface area (Å²) in [7, 11) is 0. The number of anilines is 1. The zero-order valence-electron chi connectivity index (χ0n) is 16.0. The normalized spacial score (nSPS) is 12.8. The third-order valence-corrected chi connectivity index (χ3v) is 5.99. The number of rotatable bonds is 7. The standard InChI is InChI=1S/C19H20N4O4S2/c1-3-23-18(13-5-4-6-25-13)21-22-19(23)29-11-17(24)20-12-9-14-15(10-16(12)28-2)27-8-7-26-14/h4-6,9-10H,3,7-8,11H2,1-2H3,(H,20,24). The molecule has 0 bridgehead atoms. The Morgan fingerprint density at radius 1 is 1.24 bits per heavy atom. The highest BCUT2D eigenvalue weighted by molar-refractivity contribution is 7.99. The minimum absolute atomic E-state index is 0.132. The number of fused-ring (bicyclic) bond motifs is 1. The summed E-state index contributed by atoms with van der Waals surface area (Å²) >= 11 is 2.87. The Labute approximate surface area is 176 Å². The molecule has 0 fully saturated rings. The van der Waals surface area contributed by atoms with Gasteiger partial charge in [0.1, 0.15) is 13.2 Å². The fraction of sp³-hybridized carbons (Fsp3) is 0.316. The molecule has 0 saturated carbocycles. The van der Waals surface area contributed by atoms with Gasteiger partial charge in [-0.25, -0.2) is 0 Å². The Kier molecular flexibility index (Phi) is 6.00. The second-order valence-electron chi connectivity index (χ2n) is 6.06. The number of ether oxygens (including phenoxy) is 2. The lowest BCUT2D eigenvalue weighted by Gasteiger charge is -2.20. The molecule has 1 N–H and O–H groups in total. The van der Waals surface area contributed by atoms with Crippen molar-refractivity contribution in [3.8, 4) is 23.1 Å². The number of hydrogen-bond donors (Lipinski definition) is 1. The van der Waals surface area contributed by atoms with Crippen LogP contribution in [0.1, 0.15) is 6.92 Å². The van der Waals surface area contributed by atoms with E-state index in [0.717, 1.165) is 4.90 Å². The lowest BCUT2D eigenvalue weighted by atomic mass is 10.2. The number of furan rings is 1. The monoisotopic (exact) mass is 432 g/mol. The molecule has 29 heavy (non-hydrogen) atoms. The van der Waals surface area contributed by atoms with E-state index in [1.165, 1.54) is 23.5 Å². The molecule has 0 aliphatic carbocycles. The molecular formula is C19H20N4O4S2. The highest BCUT2D eigenvalue weighted by Crippen LogP contribution is 2.39. The Morgan fingerprint density at radius 2 is 2.03 bits per heavy atom. The van der Waals surface area contributed by atoms with Gasteiger partial charge in [-0.2, -0.15) is 0 Å². The number of carbonyl (C=O) groups is 1. The molecule has 1 amide bonds. The zero-order chi connectivity index (χ0) is 20.2. The molecule has 0 atom stereocenters. The zero-order valence-corrected chi connectivity index (χ0v) is 17.6. The first-order valence-corrected chi connectivity index (χ1v) is 11.3. The average Bonchev–Trinajstić information content (AvgIpc) is 3.41. The van der Waals surface area contributed by atoms with E-state index in [9.17, 15) is 4.79 Å². The van der Waals surface area contributed by atoms with Crippen LogP contribution in [0, 0.1) is 0 Å². The van der Waals surface area contributed by atoms with E-state index in [1.54, 1.807) is 12.3 Å². The van der Waals surface area contributed by atoms with E-state index in [0.29, 0.717) is 53.7 Å². The van der Waals surface area contributed by atoms with Crippen LogP contribution >= 0.6 is 23.5 Å². The fourth-order valence-corrected chi connectivity index (χ4v) is 4.28.